The highest BCUT2D eigenvalue weighted by Gasteiger charge is 2.22. The Hall–Kier alpha value is -3.49. The molecule has 1 heterocycles. The van der Waals surface area contributed by atoms with Crippen LogP contribution in [0.3, 0.4) is 0 Å². The fourth-order valence-corrected chi connectivity index (χ4v) is 3.18. The van der Waals surface area contributed by atoms with Gasteiger partial charge >= 0.3 is 12.1 Å². The van der Waals surface area contributed by atoms with E-state index in [9.17, 15) is 14.0 Å². The second-order valence-corrected chi connectivity index (χ2v) is 6.71. The Morgan fingerprint density at radius 3 is 2.41 bits per heavy atom. The van der Waals surface area contributed by atoms with Gasteiger partial charge in [-0.25, -0.2) is 14.0 Å². The Morgan fingerprint density at radius 2 is 1.79 bits per heavy atom. The highest BCUT2D eigenvalue weighted by molar-refractivity contribution is 6.00. The van der Waals surface area contributed by atoms with Gasteiger partial charge in [0.15, 0.2) is 0 Å². The number of rotatable bonds is 4. The molecule has 0 radical (unpaired) electrons. The van der Waals surface area contributed by atoms with Crippen LogP contribution < -0.4 is 20.3 Å². The number of piperazine rings is 1. The largest absolute Gasteiger partial charge is 0.495 e. The van der Waals surface area contributed by atoms with E-state index < -0.39 is 17.9 Å². The van der Waals surface area contributed by atoms with Gasteiger partial charge in [-0.05, 0) is 42.8 Å². The lowest BCUT2D eigenvalue weighted by Gasteiger charge is -2.34. The van der Waals surface area contributed by atoms with Gasteiger partial charge in [-0.2, -0.15) is 0 Å². The summed E-state index contributed by atoms with van der Waals surface area (Å²) in [5.41, 5.74) is 2.15. The Labute approximate surface area is 167 Å². The van der Waals surface area contributed by atoms with Gasteiger partial charge in [-0.3, -0.25) is 0 Å². The average molecular weight is 402 g/mol. The summed E-state index contributed by atoms with van der Waals surface area (Å²) in [6, 6.07) is 9.31. The summed E-state index contributed by atoms with van der Waals surface area (Å²) < 4.78 is 19.8. The van der Waals surface area contributed by atoms with Crippen LogP contribution in [-0.2, 0) is 0 Å². The molecule has 0 bridgehead atoms. The van der Waals surface area contributed by atoms with Crippen LogP contribution in [0, 0.1) is 12.7 Å². The predicted octanol–water partition coefficient (Wildman–Crippen LogP) is 3.59. The molecule has 9 heteroatoms. The summed E-state index contributed by atoms with van der Waals surface area (Å²) in [7, 11) is 1.51. The molecule has 3 N–H and O–H groups in total. The van der Waals surface area contributed by atoms with Crippen molar-refractivity contribution in [2.24, 2.45) is 0 Å². The fourth-order valence-electron chi connectivity index (χ4n) is 3.18. The van der Waals surface area contributed by atoms with Crippen LogP contribution in [0.15, 0.2) is 36.4 Å². The highest BCUT2D eigenvalue weighted by atomic mass is 19.1. The molecule has 1 saturated heterocycles. The Balaban J connectivity index is 1.64. The number of urea groups is 1. The van der Waals surface area contributed by atoms with Crippen LogP contribution >= 0.6 is 0 Å². The molecule has 0 spiro atoms. The zero-order valence-electron chi connectivity index (χ0n) is 16.2. The van der Waals surface area contributed by atoms with Gasteiger partial charge in [0.05, 0.1) is 18.5 Å². The summed E-state index contributed by atoms with van der Waals surface area (Å²) in [4.78, 5) is 26.4. The van der Waals surface area contributed by atoms with E-state index in [2.05, 4.69) is 10.6 Å². The molecule has 0 saturated carbocycles. The van der Waals surface area contributed by atoms with E-state index in [0.29, 0.717) is 49.0 Å². The van der Waals surface area contributed by atoms with Crippen LogP contribution in [0.1, 0.15) is 5.56 Å². The number of ether oxygens (including phenoxy) is 1. The Bertz CT molecular complexity index is 913. The van der Waals surface area contributed by atoms with Crippen molar-refractivity contribution in [1.82, 2.24) is 4.90 Å². The van der Waals surface area contributed by atoms with Gasteiger partial charge < -0.3 is 30.3 Å². The second kappa shape index (κ2) is 8.68. The van der Waals surface area contributed by atoms with Crippen molar-refractivity contribution in [2.75, 3.05) is 48.8 Å². The molecule has 2 aromatic carbocycles. The molecule has 0 aliphatic carbocycles. The van der Waals surface area contributed by atoms with Crippen molar-refractivity contribution in [3.63, 3.8) is 0 Å². The number of amides is 3. The summed E-state index contributed by atoms with van der Waals surface area (Å²) >= 11 is 0. The number of benzene rings is 2. The summed E-state index contributed by atoms with van der Waals surface area (Å²) in [6.07, 6.45) is -0.971. The monoisotopic (exact) mass is 402 g/mol. The fraction of sp³-hybridized carbons (Fsp3) is 0.300. The van der Waals surface area contributed by atoms with Crippen LogP contribution in [0.2, 0.25) is 0 Å². The molecular weight excluding hydrogens is 379 g/mol. The molecule has 2 aromatic rings. The molecule has 1 aliphatic heterocycles. The lowest BCUT2D eigenvalue weighted by atomic mass is 10.2. The van der Waals surface area contributed by atoms with Crippen LogP contribution in [0.25, 0.3) is 0 Å². The summed E-state index contributed by atoms with van der Waals surface area (Å²) in [6.45, 7) is 3.34. The molecule has 0 aromatic heterocycles. The van der Waals surface area contributed by atoms with Crippen molar-refractivity contribution in [3.8, 4) is 5.75 Å². The van der Waals surface area contributed by atoms with E-state index in [-0.39, 0.29) is 0 Å². The molecule has 29 heavy (non-hydrogen) atoms. The maximum Gasteiger partial charge on any atom is 0.407 e. The molecule has 1 aliphatic rings. The van der Waals surface area contributed by atoms with Gasteiger partial charge in [0, 0.05) is 31.9 Å². The molecule has 1 fully saturated rings. The maximum atomic E-state index is 14.6. The Kier molecular flexibility index (Phi) is 6.06. The van der Waals surface area contributed by atoms with Crippen molar-refractivity contribution in [1.29, 1.82) is 0 Å². The van der Waals surface area contributed by atoms with Crippen molar-refractivity contribution >= 4 is 29.2 Å². The van der Waals surface area contributed by atoms with Crippen molar-refractivity contribution in [3.05, 3.63) is 47.8 Å². The highest BCUT2D eigenvalue weighted by Crippen LogP contribution is 2.27. The zero-order valence-corrected chi connectivity index (χ0v) is 16.2. The third kappa shape index (κ3) is 4.87. The molecule has 154 valence electrons. The maximum absolute atomic E-state index is 14.6. The predicted molar refractivity (Wildman–Crippen MR) is 109 cm³/mol. The van der Waals surface area contributed by atoms with E-state index in [1.165, 1.54) is 18.1 Å². The quantitative estimate of drug-likeness (QED) is 0.727. The number of carboxylic acid groups (broad SMARTS) is 1. The van der Waals surface area contributed by atoms with Crippen LogP contribution in [-0.4, -0.2) is 55.4 Å². The molecule has 0 atom stereocenters. The summed E-state index contributed by atoms with van der Waals surface area (Å²) in [5.74, 6) is 0.0347. The smallest absolute Gasteiger partial charge is 0.407 e. The minimum atomic E-state index is -0.971. The number of nitrogens with zero attached hydrogens (tertiary/aromatic N) is 2. The van der Waals surface area contributed by atoms with E-state index in [1.807, 2.05) is 13.0 Å². The first kappa shape index (κ1) is 20.2. The van der Waals surface area contributed by atoms with Gasteiger partial charge in [0.1, 0.15) is 11.6 Å². The molecule has 3 rings (SSSR count). The van der Waals surface area contributed by atoms with E-state index in [0.717, 1.165) is 5.56 Å². The van der Waals surface area contributed by atoms with Crippen molar-refractivity contribution < 1.29 is 23.8 Å². The number of carbonyl (C=O) groups is 2. The molecular formula is C20H23FN4O4. The standard InChI is InChI=1S/C20H23FN4O4/c1-13-3-6-18(29-2)16(11-13)23-19(26)22-14-4-5-17(15(21)12-14)24-7-9-25(10-8-24)20(27)28/h3-6,11-12H,7-10H2,1-2H3,(H,27,28)(H2,22,23,26). The normalized spacial score (nSPS) is 13.8. The van der Waals surface area contributed by atoms with E-state index in [4.69, 9.17) is 9.84 Å². The number of carbonyl (C=O) groups excluding carboxylic acids is 1. The molecule has 3 amide bonds. The topological polar surface area (TPSA) is 94.1 Å². The Morgan fingerprint density at radius 1 is 1.07 bits per heavy atom. The van der Waals surface area contributed by atoms with Gasteiger partial charge in [0.25, 0.3) is 0 Å². The summed E-state index contributed by atoms with van der Waals surface area (Å²) in [5, 5.41) is 14.3. The number of nitrogens with one attached hydrogen (secondary N) is 2. The van der Waals surface area contributed by atoms with Crippen molar-refractivity contribution in [2.45, 2.75) is 6.92 Å². The third-order valence-corrected chi connectivity index (χ3v) is 4.70. The number of methoxy groups -OCH3 is 1. The SMILES string of the molecule is COc1ccc(C)cc1NC(=O)Nc1ccc(N2CCN(C(=O)O)CC2)c(F)c1. The second-order valence-electron chi connectivity index (χ2n) is 6.71. The average Bonchev–Trinajstić information content (AvgIpc) is 2.68. The molecule has 8 nitrogen and oxygen atoms in total. The minimum Gasteiger partial charge on any atom is -0.495 e. The van der Waals surface area contributed by atoms with E-state index >= 15 is 0 Å². The number of hydrogen-bond donors (Lipinski definition) is 3. The first-order valence-corrected chi connectivity index (χ1v) is 9.12. The zero-order chi connectivity index (χ0) is 21.0. The first-order chi connectivity index (χ1) is 13.9. The first-order valence-electron chi connectivity index (χ1n) is 9.12. The molecule has 0 unspecified atom stereocenters. The van der Waals surface area contributed by atoms with Gasteiger partial charge in [0.2, 0.25) is 0 Å². The van der Waals surface area contributed by atoms with Gasteiger partial charge in [-0.1, -0.05) is 6.07 Å². The number of anilines is 3. The van der Waals surface area contributed by atoms with Crippen LogP contribution in [0.4, 0.5) is 31.0 Å². The number of halogens is 1. The third-order valence-electron chi connectivity index (χ3n) is 4.70. The number of aryl methyl sites for hydroxylation is 1. The number of hydrogen-bond acceptors (Lipinski definition) is 4. The van der Waals surface area contributed by atoms with E-state index in [1.54, 1.807) is 29.2 Å². The minimum absolute atomic E-state index is 0.305. The lowest BCUT2D eigenvalue weighted by molar-refractivity contribution is 0.142. The van der Waals surface area contributed by atoms with Gasteiger partial charge in [-0.15, -0.1) is 0 Å². The lowest BCUT2D eigenvalue weighted by Crippen LogP contribution is -2.48. The van der Waals surface area contributed by atoms with Crippen LogP contribution in [0.5, 0.6) is 5.75 Å².